The van der Waals surface area contributed by atoms with Crippen molar-refractivity contribution >= 4 is 28.0 Å². The number of halogens is 1. The number of carbonyl (C=O) groups is 2. The second-order valence-electron chi connectivity index (χ2n) is 3.04. The van der Waals surface area contributed by atoms with Crippen molar-refractivity contribution in [3.8, 4) is 6.07 Å². The monoisotopic (exact) mass is 265 g/mol. The van der Waals surface area contributed by atoms with Crippen LogP contribution in [0.5, 0.6) is 0 Å². The van der Waals surface area contributed by atoms with E-state index in [1.165, 1.54) is 6.07 Å². The van der Waals surface area contributed by atoms with Gasteiger partial charge in [-0.25, -0.2) is 0 Å². The molecule has 0 radical (unpaired) electrons. The van der Waals surface area contributed by atoms with Gasteiger partial charge in [0, 0.05) is 11.1 Å². The summed E-state index contributed by atoms with van der Waals surface area (Å²) in [7, 11) is 0. The Morgan fingerprint density at radius 1 is 1.60 bits per heavy atom. The highest BCUT2D eigenvalue weighted by Gasteiger charge is 2.12. The van der Waals surface area contributed by atoms with Gasteiger partial charge in [0.1, 0.15) is 6.29 Å². The second-order valence-corrected chi connectivity index (χ2v) is 3.60. The van der Waals surface area contributed by atoms with Crippen LogP contribution >= 0.6 is 15.9 Å². The van der Waals surface area contributed by atoms with Crippen molar-refractivity contribution in [3.05, 3.63) is 34.4 Å². The SMILES string of the molecule is Cc1cc(C(=O)CBr)c(C#N)cc1C=O. The molecule has 1 rings (SSSR count). The number of Topliss-reactive ketones (excluding diaryl/α,β-unsaturated/α-hetero) is 1. The Kier molecular flexibility index (Phi) is 3.75. The van der Waals surface area contributed by atoms with E-state index in [4.69, 9.17) is 5.26 Å². The Hall–Kier alpha value is -1.47. The topological polar surface area (TPSA) is 57.9 Å². The number of aldehydes is 1. The Morgan fingerprint density at radius 3 is 2.73 bits per heavy atom. The fraction of sp³-hybridized carbons (Fsp3) is 0.182. The van der Waals surface area contributed by atoms with Gasteiger partial charge in [-0.3, -0.25) is 9.59 Å². The molecule has 0 amide bonds. The van der Waals surface area contributed by atoms with E-state index in [2.05, 4.69) is 15.9 Å². The minimum Gasteiger partial charge on any atom is -0.298 e. The van der Waals surface area contributed by atoms with Crippen molar-refractivity contribution in [2.75, 3.05) is 5.33 Å². The van der Waals surface area contributed by atoms with Crippen LogP contribution in [-0.4, -0.2) is 17.4 Å². The summed E-state index contributed by atoms with van der Waals surface area (Å²) in [4.78, 5) is 22.1. The highest BCUT2D eigenvalue weighted by Crippen LogP contribution is 2.16. The lowest BCUT2D eigenvalue weighted by Gasteiger charge is -2.04. The Labute approximate surface area is 95.8 Å². The molecule has 76 valence electrons. The molecule has 0 saturated heterocycles. The maximum absolute atomic E-state index is 11.5. The van der Waals surface area contributed by atoms with Crippen molar-refractivity contribution in [2.45, 2.75) is 6.92 Å². The minimum atomic E-state index is -0.160. The van der Waals surface area contributed by atoms with Crippen molar-refractivity contribution in [1.82, 2.24) is 0 Å². The third kappa shape index (κ3) is 2.31. The van der Waals surface area contributed by atoms with Crippen LogP contribution in [0.3, 0.4) is 0 Å². The van der Waals surface area contributed by atoms with Crippen LogP contribution in [0.25, 0.3) is 0 Å². The molecular formula is C11H8BrNO2. The number of carbonyl (C=O) groups excluding carboxylic acids is 2. The standard InChI is InChI=1S/C11H8BrNO2/c1-7-2-10(11(15)4-12)8(5-13)3-9(7)6-14/h2-3,6H,4H2,1H3. The van der Waals surface area contributed by atoms with E-state index in [-0.39, 0.29) is 16.7 Å². The molecule has 0 aliphatic rings. The Balaban J connectivity index is 3.41. The highest BCUT2D eigenvalue weighted by atomic mass is 79.9. The molecule has 0 bridgehead atoms. The Bertz CT molecular complexity index is 460. The summed E-state index contributed by atoms with van der Waals surface area (Å²) in [6, 6.07) is 4.93. The fourth-order valence-electron chi connectivity index (χ4n) is 1.25. The zero-order chi connectivity index (χ0) is 11.4. The normalized spacial score (nSPS) is 9.40. The van der Waals surface area contributed by atoms with Gasteiger partial charge in [-0.15, -0.1) is 0 Å². The first-order valence-corrected chi connectivity index (χ1v) is 5.35. The van der Waals surface area contributed by atoms with Crippen LogP contribution in [0.4, 0.5) is 0 Å². The van der Waals surface area contributed by atoms with Crippen molar-refractivity contribution in [2.24, 2.45) is 0 Å². The molecule has 4 heteroatoms. The number of alkyl halides is 1. The fourth-order valence-corrected chi connectivity index (χ4v) is 1.55. The van der Waals surface area contributed by atoms with E-state index in [1.807, 2.05) is 6.07 Å². The third-order valence-electron chi connectivity index (χ3n) is 2.08. The average Bonchev–Trinajstić information content (AvgIpc) is 2.27. The number of nitriles is 1. The first-order valence-electron chi connectivity index (χ1n) is 4.23. The third-order valence-corrected chi connectivity index (χ3v) is 2.58. The number of rotatable bonds is 3. The maximum Gasteiger partial charge on any atom is 0.174 e. The van der Waals surface area contributed by atoms with Gasteiger partial charge in [-0.05, 0) is 24.6 Å². The molecule has 0 saturated carbocycles. The van der Waals surface area contributed by atoms with Crippen LogP contribution in [0.1, 0.15) is 31.8 Å². The van der Waals surface area contributed by atoms with Gasteiger partial charge in [-0.2, -0.15) is 5.26 Å². The molecule has 3 nitrogen and oxygen atoms in total. The van der Waals surface area contributed by atoms with E-state index in [9.17, 15) is 9.59 Å². The molecule has 0 N–H and O–H groups in total. The molecular weight excluding hydrogens is 258 g/mol. The molecule has 0 aliphatic heterocycles. The molecule has 0 aliphatic carbocycles. The predicted octanol–water partition coefficient (Wildman–Crippen LogP) is 2.26. The first-order chi connectivity index (χ1) is 7.13. The van der Waals surface area contributed by atoms with Gasteiger partial charge < -0.3 is 0 Å². The van der Waals surface area contributed by atoms with Gasteiger partial charge in [0.05, 0.1) is 17.0 Å². The summed E-state index contributed by atoms with van der Waals surface area (Å²) in [6.45, 7) is 1.73. The van der Waals surface area contributed by atoms with Crippen LogP contribution in [0, 0.1) is 18.3 Å². The Morgan fingerprint density at radius 2 is 2.27 bits per heavy atom. The van der Waals surface area contributed by atoms with E-state index in [0.717, 1.165) is 0 Å². The lowest BCUT2D eigenvalue weighted by atomic mass is 9.98. The van der Waals surface area contributed by atoms with Gasteiger partial charge in [0.15, 0.2) is 5.78 Å². The predicted molar refractivity (Wildman–Crippen MR) is 59.4 cm³/mol. The zero-order valence-corrected chi connectivity index (χ0v) is 9.67. The smallest absolute Gasteiger partial charge is 0.174 e. The molecule has 0 aromatic heterocycles. The first kappa shape index (κ1) is 11.6. The van der Waals surface area contributed by atoms with Gasteiger partial charge in [0.2, 0.25) is 0 Å². The second kappa shape index (κ2) is 4.85. The van der Waals surface area contributed by atoms with E-state index in [0.29, 0.717) is 23.0 Å². The van der Waals surface area contributed by atoms with Gasteiger partial charge in [0.25, 0.3) is 0 Å². The maximum atomic E-state index is 11.5. The average molecular weight is 266 g/mol. The molecule has 0 fully saturated rings. The quantitative estimate of drug-likeness (QED) is 0.479. The molecule has 15 heavy (non-hydrogen) atoms. The molecule has 0 heterocycles. The number of hydrogen-bond acceptors (Lipinski definition) is 3. The molecule has 0 atom stereocenters. The van der Waals surface area contributed by atoms with Crippen molar-refractivity contribution in [3.63, 3.8) is 0 Å². The molecule has 1 aromatic carbocycles. The lowest BCUT2D eigenvalue weighted by molar-refractivity contribution is 0.102. The van der Waals surface area contributed by atoms with Crippen LogP contribution in [0.2, 0.25) is 0 Å². The van der Waals surface area contributed by atoms with Crippen LogP contribution in [0.15, 0.2) is 12.1 Å². The molecule has 0 spiro atoms. The summed E-state index contributed by atoms with van der Waals surface area (Å²) in [5.74, 6) is -0.160. The summed E-state index contributed by atoms with van der Waals surface area (Å²) in [5, 5.41) is 9.01. The zero-order valence-electron chi connectivity index (χ0n) is 8.08. The summed E-state index contributed by atoms with van der Waals surface area (Å²) >= 11 is 3.05. The van der Waals surface area contributed by atoms with Crippen molar-refractivity contribution < 1.29 is 9.59 Å². The van der Waals surface area contributed by atoms with Gasteiger partial charge >= 0.3 is 0 Å². The number of benzene rings is 1. The largest absolute Gasteiger partial charge is 0.298 e. The van der Waals surface area contributed by atoms with E-state index < -0.39 is 0 Å². The van der Waals surface area contributed by atoms with Crippen LogP contribution < -0.4 is 0 Å². The van der Waals surface area contributed by atoms with E-state index in [1.54, 1.807) is 13.0 Å². The van der Waals surface area contributed by atoms with Gasteiger partial charge in [-0.1, -0.05) is 15.9 Å². The minimum absolute atomic E-state index is 0.160. The lowest BCUT2D eigenvalue weighted by Crippen LogP contribution is -2.05. The van der Waals surface area contributed by atoms with Crippen molar-refractivity contribution in [1.29, 1.82) is 5.26 Å². The summed E-state index contributed by atoms with van der Waals surface area (Å²) < 4.78 is 0. The highest BCUT2D eigenvalue weighted by molar-refractivity contribution is 9.09. The number of aryl methyl sites for hydroxylation is 1. The number of ketones is 1. The van der Waals surface area contributed by atoms with E-state index >= 15 is 0 Å². The molecule has 0 unspecified atom stereocenters. The summed E-state index contributed by atoms with van der Waals surface area (Å²) in [5.41, 5.74) is 1.75. The number of hydrogen-bond donors (Lipinski definition) is 0. The summed E-state index contributed by atoms with van der Waals surface area (Å²) in [6.07, 6.45) is 0.679. The number of nitrogens with zero attached hydrogens (tertiary/aromatic N) is 1. The molecule has 1 aromatic rings. The van der Waals surface area contributed by atoms with Crippen LogP contribution in [-0.2, 0) is 0 Å².